The van der Waals surface area contributed by atoms with Crippen LogP contribution in [-0.4, -0.2) is 36.6 Å². The Bertz CT molecular complexity index is 346. The molecule has 0 fully saturated rings. The van der Waals surface area contributed by atoms with E-state index >= 15 is 0 Å². The summed E-state index contributed by atoms with van der Waals surface area (Å²) in [6.07, 6.45) is -0.0928. The molecule has 0 heterocycles. The number of esters is 1. The van der Waals surface area contributed by atoms with Crippen molar-refractivity contribution in [3.8, 4) is 0 Å². The Hall–Kier alpha value is -1.59. The highest BCUT2D eigenvalue weighted by molar-refractivity contribution is 5.98. The summed E-state index contributed by atoms with van der Waals surface area (Å²) in [5, 5.41) is 2.52. The van der Waals surface area contributed by atoms with Gasteiger partial charge in [0.05, 0.1) is 6.61 Å². The third-order valence-corrected chi connectivity index (χ3v) is 2.41. The van der Waals surface area contributed by atoms with Crippen molar-refractivity contribution in [1.82, 2.24) is 5.32 Å². The molecule has 0 spiro atoms. The smallest absolute Gasteiger partial charge is 0.407 e. The molecule has 0 aliphatic rings. The number of ketones is 1. The summed E-state index contributed by atoms with van der Waals surface area (Å²) in [6.45, 7) is 9.06. The van der Waals surface area contributed by atoms with Gasteiger partial charge in [-0.25, -0.2) is 4.79 Å². The highest BCUT2D eigenvalue weighted by Gasteiger charge is 2.26. The summed E-state index contributed by atoms with van der Waals surface area (Å²) in [5.41, 5.74) is -0.580. The summed E-state index contributed by atoms with van der Waals surface area (Å²) in [6, 6.07) is 0. The molecular formula is C14H25NO5. The van der Waals surface area contributed by atoms with Crippen molar-refractivity contribution in [2.24, 2.45) is 5.92 Å². The molecule has 1 unspecified atom stereocenters. The molecule has 1 atom stereocenters. The van der Waals surface area contributed by atoms with Crippen LogP contribution in [0.1, 0.15) is 47.5 Å². The first-order valence-corrected chi connectivity index (χ1v) is 6.87. The molecule has 0 aromatic carbocycles. The second kappa shape index (κ2) is 8.55. The number of nitrogens with one attached hydrogen (secondary N) is 1. The maximum atomic E-state index is 11.7. The Morgan fingerprint density at radius 3 is 2.20 bits per heavy atom. The zero-order valence-corrected chi connectivity index (χ0v) is 12.9. The maximum absolute atomic E-state index is 11.7. The van der Waals surface area contributed by atoms with E-state index in [-0.39, 0.29) is 31.8 Å². The number of Topliss-reactive ketones (excluding diaryl/α,β-unsaturated/α-hetero) is 1. The summed E-state index contributed by atoms with van der Waals surface area (Å²) in [4.78, 5) is 34.8. The van der Waals surface area contributed by atoms with Gasteiger partial charge in [-0.05, 0) is 34.1 Å². The van der Waals surface area contributed by atoms with E-state index in [9.17, 15) is 14.4 Å². The van der Waals surface area contributed by atoms with E-state index in [4.69, 9.17) is 9.47 Å². The number of carbonyl (C=O) groups excluding carboxylic acids is 3. The van der Waals surface area contributed by atoms with Crippen LogP contribution >= 0.6 is 0 Å². The molecule has 0 aromatic heterocycles. The molecule has 6 nitrogen and oxygen atoms in total. The average molecular weight is 287 g/mol. The van der Waals surface area contributed by atoms with E-state index in [0.29, 0.717) is 0 Å². The number of ether oxygens (including phenoxy) is 2. The van der Waals surface area contributed by atoms with Gasteiger partial charge in [-0.1, -0.05) is 6.92 Å². The van der Waals surface area contributed by atoms with Crippen LogP contribution in [0.3, 0.4) is 0 Å². The first-order chi connectivity index (χ1) is 9.21. The van der Waals surface area contributed by atoms with Crippen molar-refractivity contribution in [2.75, 3.05) is 13.2 Å². The molecular weight excluding hydrogens is 262 g/mol. The summed E-state index contributed by atoms with van der Waals surface area (Å²) in [7, 11) is 0. The molecule has 0 saturated carbocycles. The monoisotopic (exact) mass is 287 g/mol. The van der Waals surface area contributed by atoms with Crippen LogP contribution in [0.4, 0.5) is 4.79 Å². The van der Waals surface area contributed by atoms with Crippen molar-refractivity contribution < 1.29 is 23.9 Å². The molecule has 0 aliphatic heterocycles. The van der Waals surface area contributed by atoms with Gasteiger partial charge in [0.1, 0.15) is 17.3 Å². The lowest BCUT2D eigenvalue weighted by atomic mass is 9.98. The highest BCUT2D eigenvalue weighted by atomic mass is 16.6. The van der Waals surface area contributed by atoms with Crippen LogP contribution < -0.4 is 5.32 Å². The second-order valence-corrected chi connectivity index (χ2v) is 5.34. The zero-order valence-electron chi connectivity index (χ0n) is 12.9. The van der Waals surface area contributed by atoms with Gasteiger partial charge in [0.2, 0.25) is 0 Å². The van der Waals surface area contributed by atoms with Gasteiger partial charge < -0.3 is 14.8 Å². The van der Waals surface area contributed by atoms with Crippen LogP contribution in [0.25, 0.3) is 0 Å². The standard InChI is InChI=1S/C14H25NO5/c1-6-11(16)10(12(17)19-7-2)8-9-15-13(18)20-14(3,4)5/h10H,6-9H2,1-5H3,(H,15,18). The molecule has 1 N–H and O–H groups in total. The SMILES string of the molecule is CCOC(=O)C(CCNC(=O)OC(C)(C)C)C(=O)CC. The lowest BCUT2D eigenvalue weighted by Crippen LogP contribution is -2.35. The van der Waals surface area contributed by atoms with E-state index in [2.05, 4.69) is 5.32 Å². The van der Waals surface area contributed by atoms with Gasteiger partial charge >= 0.3 is 12.1 Å². The van der Waals surface area contributed by atoms with Crippen LogP contribution in [0.2, 0.25) is 0 Å². The van der Waals surface area contributed by atoms with Crippen molar-refractivity contribution in [2.45, 2.75) is 53.1 Å². The Morgan fingerprint density at radius 1 is 1.15 bits per heavy atom. The minimum atomic E-state index is -0.824. The normalized spacial score (nSPS) is 12.4. The van der Waals surface area contributed by atoms with Crippen LogP contribution in [0.15, 0.2) is 0 Å². The summed E-state index contributed by atoms with van der Waals surface area (Å²) >= 11 is 0. The summed E-state index contributed by atoms with van der Waals surface area (Å²) in [5.74, 6) is -1.55. The molecule has 116 valence electrons. The third-order valence-electron chi connectivity index (χ3n) is 2.41. The van der Waals surface area contributed by atoms with Crippen LogP contribution in [-0.2, 0) is 19.1 Å². The van der Waals surface area contributed by atoms with E-state index < -0.39 is 23.6 Å². The van der Waals surface area contributed by atoms with E-state index in [0.717, 1.165) is 0 Å². The first kappa shape index (κ1) is 18.4. The van der Waals surface area contributed by atoms with Crippen molar-refractivity contribution in [1.29, 1.82) is 0 Å². The predicted molar refractivity (Wildman–Crippen MR) is 74.3 cm³/mol. The fraction of sp³-hybridized carbons (Fsp3) is 0.786. The molecule has 0 bridgehead atoms. The second-order valence-electron chi connectivity index (χ2n) is 5.34. The van der Waals surface area contributed by atoms with Gasteiger partial charge in [0.25, 0.3) is 0 Å². The van der Waals surface area contributed by atoms with E-state index in [1.165, 1.54) is 0 Å². The molecule has 0 rings (SSSR count). The third kappa shape index (κ3) is 7.76. The lowest BCUT2D eigenvalue weighted by Gasteiger charge is -2.20. The molecule has 1 amide bonds. The quantitative estimate of drug-likeness (QED) is 0.572. The maximum Gasteiger partial charge on any atom is 0.407 e. The van der Waals surface area contributed by atoms with Gasteiger partial charge in [0, 0.05) is 13.0 Å². The number of carbonyl (C=O) groups is 3. The van der Waals surface area contributed by atoms with Crippen molar-refractivity contribution >= 4 is 17.8 Å². The topological polar surface area (TPSA) is 81.7 Å². The minimum Gasteiger partial charge on any atom is -0.465 e. The molecule has 6 heteroatoms. The van der Waals surface area contributed by atoms with Gasteiger partial charge in [-0.2, -0.15) is 0 Å². The Balaban J connectivity index is 4.31. The minimum absolute atomic E-state index is 0.185. The predicted octanol–water partition coefficient (Wildman–Crippen LogP) is 2.06. The summed E-state index contributed by atoms with van der Waals surface area (Å²) < 4.78 is 9.92. The van der Waals surface area contributed by atoms with Crippen LogP contribution in [0, 0.1) is 5.92 Å². The number of hydrogen-bond acceptors (Lipinski definition) is 5. The number of amides is 1. The Labute approximate surface area is 120 Å². The van der Waals surface area contributed by atoms with E-state index in [1.807, 2.05) is 0 Å². The molecule has 0 radical (unpaired) electrons. The fourth-order valence-electron chi connectivity index (χ4n) is 1.53. The van der Waals surface area contributed by atoms with Crippen molar-refractivity contribution in [3.63, 3.8) is 0 Å². The Kier molecular flexibility index (Phi) is 7.87. The van der Waals surface area contributed by atoms with Gasteiger partial charge in [0.15, 0.2) is 0 Å². The number of rotatable bonds is 7. The fourth-order valence-corrected chi connectivity index (χ4v) is 1.53. The molecule has 0 aliphatic carbocycles. The highest BCUT2D eigenvalue weighted by Crippen LogP contribution is 2.10. The lowest BCUT2D eigenvalue weighted by molar-refractivity contribution is -0.151. The number of hydrogen-bond donors (Lipinski definition) is 1. The molecule has 20 heavy (non-hydrogen) atoms. The van der Waals surface area contributed by atoms with E-state index in [1.54, 1.807) is 34.6 Å². The first-order valence-electron chi connectivity index (χ1n) is 6.87. The molecule has 0 aromatic rings. The largest absolute Gasteiger partial charge is 0.465 e. The number of alkyl carbamates (subject to hydrolysis) is 1. The van der Waals surface area contributed by atoms with Gasteiger partial charge in [-0.3, -0.25) is 9.59 Å². The molecule has 0 saturated heterocycles. The van der Waals surface area contributed by atoms with Crippen molar-refractivity contribution in [3.05, 3.63) is 0 Å². The average Bonchev–Trinajstić information content (AvgIpc) is 2.31. The van der Waals surface area contributed by atoms with Crippen LogP contribution in [0.5, 0.6) is 0 Å². The van der Waals surface area contributed by atoms with Gasteiger partial charge in [-0.15, -0.1) is 0 Å². The zero-order chi connectivity index (χ0) is 15.8. The Morgan fingerprint density at radius 2 is 1.75 bits per heavy atom.